The zero-order valence-corrected chi connectivity index (χ0v) is 13.3. The van der Waals surface area contributed by atoms with Crippen molar-refractivity contribution in [2.45, 2.75) is 12.8 Å². The average molecular weight is 314 g/mol. The van der Waals surface area contributed by atoms with Gasteiger partial charge in [-0.05, 0) is 18.7 Å². The van der Waals surface area contributed by atoms with Crippen LogP contribution in [-0.4, -0.2) is 47.9 Å². The molecule has 0 fully saturated rings. The summed E-state index contributed by atoms with van der Waals surface area (Å²) in [5, 5.41) is 10.3. The van der Waals surface area contributed by atoms with Crippen LogP contribution in [0, 0.1) is 0 Å². The van der Waals surface area contributed by atoms with Gasteiger partial charge in [0.1, 0.15) is 18.3 Å². The standard InChI is InChI=1S/C18H22N2O3/c1-19(14-18-22-9-10-23-18)12-16-7-8-20(13-17(16)21)11-15-5-3-2-4-6-15/h2-10,18,21H,11-14H2,1H3. The molecule has 0 amide bonds. The summed E-state index contributed by atoms with van der Waals surface area (Å²) in [7, 11) is 1.98. The molecule has 2 heterocycles. The first-order valence-electron chi connectivity index (χ1n) is 7.72. The number of benzene rings is 1. The highest BCUT2D eigenvalue weighted by Crippen LogP contribution is 2.17. The highest BCUT2D eigenvalue weighted by Gasteiger charge is 2.18. The fourth-order valence-electron chi connectivity index (χ4n) is 2.68. The molecule has 0 atom stereocenters. The van der Waals surface area contributed by atoms with E-state index in [0.29, 0.717) is 25.4 Å². The second-order valence-corrected chi connectivity index (χ2v) is 5.85. The molecule has 1 aromatic rings. The van der Waals surface area contributed by atoms with Crippen molar-refractivity contribution < 1.29 is 14.6 Å². The topological polar surface area (TPSA) is 45.2 Å². The third kappa shape index (κ3) is 4.29. The molecule has 0 radical (unpaired) electrons. The number of ether oxygens (including phenoxy) is 2. The summed E-state index contributed by atoms with van der Waals surface area (Å²) in [5.41, 5.74) is 2.16. The van der Waals surface area contributed by atoms with Crippen molar-refractivity contribution in [1.82, 2.24) is 9.80 Å². The molecule has 0 saturated heterocycles. The summed E-state index contributed by atoms with van der Waals surface area (Å²) in [6, 6.07) is 10.2. The Morgan fingerprint density at radius 3 is 2.65 bits per heavy atom. The molecule has 23 heavy (non-hydrogen) atoms. The van der Waals surface area contributed by atoms with E-state index in [1.807, 2.05) is 37.5 Å². The van der Waals surface area contributed by atoms with Gasteiger partial charge >= 0.3 is 0 Å². The Balaban J connectivity index is 1.51. The van der Waals surface area contributed by atoms with Gasteiger partial charge in [0.2, 0.25) is 0 Å². The maximum Gasteiger partial charge on any atom is 0.252 e. The van der Waals surface area contributed by atoms with Gasteiger partial charge < -0.3 is 19.5 Å². The van der Waals surface area contributed by atoms with Crippen molar-refractivity contribution in [3.63, 3.8) is 0 Å². The van der Waals surface area contributed by atoms with E-state index in [0.717, 1.165) is 12.1 Å². The maximum absolute atomic E-state index is 10.3. The number of aliphatic hydroxyl groups excluding tert-OH is 1. The average Bonchev–Trinajstić information content (AvgIpc) is 3.04. The Bertz CT molecular complexity index is 602. The van der Waals surface area contributed by atoms with Gasteiger partial charge in [0.25, 0.3) is 6.29 Å². The third-order valence-electron chi connectivity index (χ3n) is 3.86. The molecule has 0 aliphatic carbocycles. The van der Waals surface area contributed by atoms with Crippen LogP contribution in [0.2, 0.25) is 0 Å². The molecular weight excluding hydrogens is 292 g/mol. The fraction of sp³-hybridized carbons (Fsp3) is 0.333. The summed E-state index contributed by atoms with van der Waals surface area (Å²) in [5.74, 6) is 0.418. The summed E-state index contributed by atoms with van der Waals surface area (Å²) >= 11 is 0. The Morgan fingerprint density at radius 1 is 1.22 bits per heavy atom. The van der Waals surface area contributed by atoms with Crippen LogP contribution in [0.5, 0.6) is 0 Å². The summed E-state index contributed by atoms with van der Waals surface area (Å²) in [4.78, 5) is 4.17. The number of hydrogen-bond acceptors (Lipinski definition) is 5. The van der Waals surface area contributed by atoms with Crippen LogP contribution in [0.15, 0.2) is 66.5 Å². The summed E-state index contributed by atoms with van der Waals surface area (Å²) in [6.07, 6.45) is 6.87. The van der Waals surface area contributed by atoms with Crippen molar-refractivity contribution in [3.8, 4) is 0 Å². The molecule has 0 aromatic heterocycles. The molecule has 122 valence electrons. The van der Waals surface area contributed by atoms with E-state index >= 15 is 0 Å². The van der Waals surface area contributed by atoms with Crippen molar-refractivity contribution in [1.29, 1.82) is 0 Å². The van der Waals surface area contributed by atoms with E-state index < -0.39 is 0 Å². The van der Waals surface area contributed by atoms with Crippen molar-refractivity contribution in [3.05, 3.63) is 72.0 Å². The Morgan fingerprint density at radius 2 is 1.96 bits per heavy atom. The predicted molar refractivity (Wildman–Crippen MR) is 88.2 cm³/mol. The quantitative estimate of drug-likeness (QED) is 0.874. The van der Waals surface area contributed by atoms with Gasteiger partial charge in [0, 0.05) is 24.9 Å². The van der Waals surface area contributed by atoms with Crippen LogP contribution in [-0.2, 0) is 16.0 Å². The Labute approximate surface area is 136 Å². The highest BCUT2D eigenvalue weighted by atomic mass is 16.7. The molecular formula is C18H22N2O3. The first-order chi connectivity index (χ1) is 11.2. The van der Waals surface area contributed by atoms with Crippen molar-refractivity contribution in [2.75, 3.05) is 26.7 Å². The smallest absolute Gasteiger partial charge is 0.252 e. The van der Waals surface area contributed by atoms with Crippen LogP contribution < -0.4 is 0 Å². The lowest BCUT2D eigenvalue weighted by molar-refractivity contribution is -0.0397. The van der Waals surface area contributed by atoms with E-state index in [1.165, 1.54) is 5.56 Å². The summed E-state index contributed by atoms with van der Waals surface area (Å²) < 4.78 is 10.5. The van der Waals surface area contributed by atoms with E-state index in [9.17, 15) is 5.11 Å². The lowest BCUT2D eigenvalue weighted by Crippen LogP contribution is -2.33. The first-order valence-corrected chi connectivity index (χ1v) is 7.72. The molecule has 0 spiro atoms. The number of likely N-dealkylation sites (N-methyl/N-ethyl adjacent to an activating group) is 1. The Kier molecular flexibility index (Phi) is 4.88. The second-order valence-electron chi connectivity index (χ2n) is 5.85. The SMILES string of the molecule is CN(CC1=C(O)CN(Cc2ccccc2)C=C1)CC1OC=CO1. The molecule has 1 aromatic carbocycles. The number of rotatable bonds is 6. The van der Waals surface area contributed by atoms with E-state index in [4.69, 9.17) is 9.47 Å². The van der Waals surface area contributed by atoms with Gasteiger partial charge in [-0.1, -0.05) is 30.3 Å². The van der Waals surface area contributed by atoms with Gasteiger partial charge in [0.05, 0.1) is 13.1 Å². The maximum atomic E-state index is 10.3. The fourth-order valence-corrected chi connectivity index (χ4v) is 2.68. The zero-order valence-electron chi connectivity index (χ0n) is 13.3. The van der Waals surface area contributed by atoms with E-state index in [-0.39, 0.29) is 6.29 Å². The minimum Gasteiger partial charge on any atom is -0.510 e. The first kappa shape index (κ1) is 15.5. The second kappa shape index (κ2) is 7.24. The largest absolute Gasteiger partial charge is 0.510 e. The van der Waals surface area contributed by atoms with Gasteiger partial charge in [-0.15, -0.1) is 0 Å². The van der Waals surface area contributed by atoms with Gasteiger partial charge in [0.15, 0.2) is 0 Å². The molecule has 5 nitrogen and oxygen atoms in total. The van der Waals surface area contributed by atoms with Crippen LogP contribution >= 0.6 is 0 Å². The zero-order chi connectivity index (χ0) is 16.1. The minimum atomic E-state index is -0.259. The van der Waals surface area contributed by atoms with Crippen LogP contribution in [0.4, 0.5) is 0 Å². The monoisotopic (exact) mass is 314 g/mol. The highest BCUT2D eigenvalue weighted by molar-refractivity contribution is 5.28. The van der Waals surface area contributed by atoms with Crippen molar-refractivity contribution in [2.24, 2.45) is 0 Å². The predicted octanol–water partition coefficient (Wildman–Crippen LogP) is 2.60. The molecule has 0 saturated carbocycles. The number of nitrogens with zero attached hydrogens (tertiary/aromatic N) is 2. The lowest BCUT2D eigenvalue weighted by atomic mass is 10.1. The van der Waals surface area contributed by atoms with Gasteiger partial charge in [-0.3, -0.25) is 4.90 Å². The van der Waals surface area contributed by atoms with Crippen LogP contribution in [0.1, 0.15) is 5.56 Å². The normalized spacial score (nSPS) is 17.7. The third-order valence-corrected chi connectivity index (χ3v) is 3.86. The van der Waals surface area contributed by atoms with Crippen molar-refractivity contribution >= 4 is 0 Å². The van der Waals surface area contributed by atoms with E-state index in [1.54, 1.807) is 12.5 Å². The molecule has 0 unspecified atom stereocenters. The number of hydrogen-bond donors (Lipinski definition) is 1. The molecule has 0 bridgehead atoms. The number of aliphatic hydroxyl groups is 1. The Hall–Kier alpha value is -2.40. The minimum absolute atomic E-state index is 0.259. The van der Waals surface area contributed by atoms with E-state index in [2.05, 4.69) is 21.9 Å². The van der Waals surface area contributed by atoms with Crippen LogP contribution in [0.25, 0.3) is 0 Å². The lowest BCUT2D eigenvalue weighted by Gasteiger charge is -2.27. The summed E-state index contributed by atoms with van der Waals surface area (Å²) in [6.45, 7) is 2.63. The molecule has 5 heteroatoms. The molecule has 1 N–H and O–H groups in total. The molecule has 2 aliphatic rings. The molecule has 2 aliphatic heterocycles. The van der Waals surface area contributed by atoms with Crippen LogP contribution in [0.3, 0.4) is 0 Å². The molecule has 3 rings (SSSR count). The van der Waals surface area contributed by atoms with Gasteiger partial charge in [-0.25, -0.2) is 0 Å². The van der Waals surface area contributed by atoms with Gasteiger partial charge in [-0.2, -0.15) is 0 Å².